The van der Waals surface area contributed by atoms with Crippen molar-refractivity contribution in [2.75, 3.05) is 0 Å². The van der Waals surface area contributed by atoms with Crippen LogP contribution in [0.1, 0.15) is 19.8 Å². The van der Waals surface area contributed by atoms with Crippen molar-refractivity contribution in [1.29, 1.82) is 5.26 Å². The lowest BCUT2D eigenvalue weighted by Crippen LogP contribution is -2.10. The Balaban J connectivity index is 2.55. The third-order valence-corrected chi connectivity index (χ3v) is 1.92. The average Bonchev–Trinajstić information content (AvgIpc) is 1.89. The molecule has 0 aromatic rings. The van der Waals surface area contributed by atoms with Crippen LogP contribution in [0.5, 0.6) is 0 Å². The fraction of sp³-hybridized carbons (Fsp3) is 0.625. The van der Waals surface area contributed by atoms with Gasteiger partial charge in [-0.2, -0.15) is 5.26 Å². The van der Waals surface area contributed by atoms with Crippen LogP contribution in [-0.2, 0) is 0 Å². The molecule has 0 radical (unpaired) electrons. The Morgan fingerprint density at radius 2 is 2.11 bits per heavy atom. The second-order valence-corrected chi connectivity index (χ2v) is 2.66. The molecule has 9 heavy (non-hydrogen) atoms. The summed E-state index contributed by atoms with van der Waals surface area (Å²) in [7, 11) is 0. The molecule has 0 N–H and O–H groups in total. The van der Waals surface area contributed by atoms with Gasteiger partial charge in [0.15, 0.2) is 0 Å². The topological polar surface area (TPSA) is 23.8 Å². The van der Waals surface area contributed by atoms with E-state index in [0.717, 1.165) is 12.8 Å². The van der Waals surface area contributed by atoms with Crippen molar-refractivity contribution in [2.24, 2.45) is 11.8 Å². The molecular weight excluding hydrogens is 110 g/mol. The van der Waals surface area contributed by atoms with Crippen molar-refractivity contribution in [1.82, 2.24) is 0 Å². The third kappa shape index (κ3) is 1.32. The van der Waals surface area contributed by atoms with Gasteiger partial charge in [0, 0.05) is 0 Å². The number of hydrogen-bond acceptors (Lipinski definition) is 1. The molecule has 0 aromatic carbocycles. The van der Waals surface area contributed by atoms with Crippen molar-refractivity contribution in [2.45, 2.75) is 19.8 Å². The highest BCUT2D eigenvalue weighted by atomic mass is 14.3. The molecular formula is C8H11N. The molecule has 1 aliphatic carbocycles. The van der Waals surface area contributed by atoms with E-state index in [1.165, 1.54) is 0 Å². The van der Waals surface area contributed by atoms with Gasteiger partial charge in [-0.1, -0.05) is 19.1 Å². The first-order valence-electron chi connectivity index (χ1n) is 3.39. The molecule has 0 saturated heterocycles. The predicted molar refractivity (Wildman–Crippen MR) is 36.6 cm³/mol. The summed E-state index contributed by atoms with van der Waals surface area (Å²) in [4.78, 5) is 0. The van der Waals surface area contributed by atoms with Crippen molar-refractivity contribution < 1.29 is 0 Å². The van der Waals surface area contributed by atoms with Gasteiger partial charge in [0.1, 0.15) is 0 Å². The molecule has 0 amide bonds. The van der Waals surface area contributed by atoms with Crippen LogP contribution in [0.15, 0.2) is 12.2 Å². The lowest BCUT2D eigenvalue weighted by molar-refractivity contribution is 0.429. The molecule has 0 spiro atoms. The first kappa shape index (κ1) is 6.35. The van der Waals surface area contributed by atoms with E-state index in [1.807, 2.05) is 0 Å². The number of nitrogens with zero attached hydrogens (tertiary/aromatic N) is 1. The maximum Gasteiger partial charge on any atom is 0.0661 e. The van der Waals surface area contributed by atoms with E-state index in [-0.39, 0.29) is 5.92 Å². The zero-order chi connectivity index (χ0) is 6.69. The lowest BCUT2D eigenvalue weighted by atomic mass is 9.86. The molecule has 0 aromatic heterocycles. The quantitative estimate of drug-likeness (QED) is 0.450. The van der Waals surface area contributed by atoms with Gasteiger partial charge in [0.25, 0.3) is 0 Å². The van der Waals surface area contributed by atoms with Gasteiger partial charge in [-0.25, -0.2) is 0 Å². The van der Waals surface area contributed by atoms with Crippen molar-refractivity contribution in [3.8, 4) is 6.07 Å². The van der Waals surface area contributed by atoms with Gasteiger partial charge in [0.2, 0.25) is 0 Å². The predicted octanol–water partition coefficient (Wildman–Crippen LogP) is 2.11. The molecule has 0 heterocycles. The lowest BCUT2D eigenvalue weighted by Gasteiger charge is -2.17. The fourth-order valence-corrected chi connectivity index (χ4v) is 1.13. The highest BCUT2D eigenvalue weighted by molar-refractivity contribution is 5.00. The van der Waals surface area contributed by atoms with E-state index in [4.69, 9.17) is 5.26 Å². The number of rotatable bonds is 0. The molecule has 0 saturated carbocycles. The zero-order valence-corrected chi connectivity index (χ0v) is 5.67. The molecule has 0 aliphatic heterocycles. The largest absolute Gasteiger partial charge is 0.198 e. The van der Waals surface area contributed by atoms with E-state index >= 15 is 0 Å². The smallest absolute Gasteiger partial charge is 0.0661 e. The highest BCUT2D eigenvalue weighted by Crippen LogP contribution is 2.23. The normalized spacial score (nSPS) is 33.8. The van der Waals surface area contributed by atoms with Crippen LogP contribution in [0.3, 0.4) is 0 Å². The molecule has 1 heteroatoms. The Morgan fingerprint density at radius 3 is 2.56 bits per heavy atom. The molecule has 0 bridgehead atoms. The van der Waals surface area contributed by atoms with Gasteiger partial charge in [0.05, 0.1) is 12.0 Å². The Labute approximate surface area is 56.0 Å². The maximum absolute atomic E-state index is 8.58. The Kier molecular flexibility index (Phi) is 1.89. The molecule has 1 nitrogen and oxygen atoms in total. The Morgan fingerprint density at radius 1 is 1.44 bits per heavy atom. The van der Waals surface area contributed by atoms with Crippen LogP contribution in [0.4, 0.5) is 0 Å². The molecule has 48 valence electrons. The van der Waals surface area contributed by atoms with Crippen LogP contribution in [0, 0.1) is 23.2 Å². The zero-order valence-electron chi connectivity index (χ0n) is 5.67. The summed E-state index contributed by atoms with van der Waals surface area (Å²) in [5.74, 6) is 0.843. The summed E-state index contributed by atoms with van der Waals surface area (Å²) >= 11 is 0. The monoisotopic (exact) mass is 121 g/mol. The number of allylic oxidation sites excluding steroid dienone is 2. The molecule has 1 aliphatic rings. The average molecular weight is 121 g/mol. The van der Waals surface area contributed by atoms with Gasteiger partial charge >= 0.3 is 0 Å². The second-order valence-electron chi connectivity index (χ2n) is 2.66. The van der Waals surface area contributed by atoms with E-state index in [0.29, 0.717) is 5.92 Å². The summed E-state index contributed by atoms with van der Waals surface area (Å²) in [6, 6.07) is 2.30. The first-order valence-corrected chi connectivity index (χ1v) is 3.39. The minimum absolute atomic E-state index is 0.273. The standard InChI is InChI=1S/C8H11N/c1-7-4-2-3-5-8(7)6-9/h2-3,7-8H,4-5H2,1H3. The van der Waals surface area contributed by atoms with E-state index in [2.05, 4.69) is 25.1 Å². The van der Waals surface area contributed by atoms with E-state index in [9.17, 15) is 0 Å². The van der Waals surface area contributed by atoms with Crippen LogP contribution >= 0.6 is 0 Å². The summed E-state index contributed by atoms with van der Waals surface area (Å²) in [5.41, 5.74) is 0. The van der Waals surface area contributed by atoms with E-state index < -0.39 is 0 Å². The van der Waals surface area contributed by atoms with Crippen LogP contribution < -0.4 is 0 Å². The number of hydrogen-bond donors (Lipinski definition) is 0. The van der Waals surface area contributed by atoms with Crippen LogP contribution in [-0.4, -0.2) is 0 Å². The van der Waals surface area contributed by atoms with Gasteiger partial charge in [-0.3, -0.25) is 0 Å². The Bertz CT molecular complexity index is 152. The van der Waals surface area contributed by atoms with Crippen molar-refractivity contribution >= 4 is 0 Å². The van der Waals surface area contributed by atoms with Gasteiger partial charge in [-0.05, 0) is 18.8 Å². The summed E-state index contributed by atoms with van der Waals surface area (Å²) in [6.07, 6.45) is 6.31. The van der Waals surface area contributed by atoms with Crippen LogP contribution in [0.2, 0.25) is 0 Å². The Hall–Kier alpha value is -0.770. The van der Waals surface area contributed by atoms with Gasteiger partial charge < -0.3 is 0 Å². The molecule has 0 fully saturated rings. The minimum atomic E-state index is 0.273. The van der Waals surface area contributed by atoms with Crippen molar-refractivity contribution in [3.05, 3.63) is 12.2 Å². The van der Waals surface area contributed by atoms with Crippen molar-refractivity contribution in [3.63, 3.8) is 0 Å². The number of nitriles is 1. The van der Waals surface area contributed by atoms with Crippen LogP contribution in [0.25, 0.3) is 0 Å². The third-order valence-electron chi connectivity index (χ3n) is 1.92. The molecule has 2 unspecified atom stereocenters. The highest BCUT2D eigenvalue weighted by Gasteiger charge is 2.16. The minimum Gasteiger partial charge on any atom is -0.198 e. The first-order chi connectivity index (χ1) is 4.34. The second kappa shape index (κ2) is 2.68. The summed E-state index contributed by atoms with van der Waals surface area (Å²) < 4.78 is 0. The van der Waals surface area contributed by atoms with Gasteiger partial charge in [-0.15, -0.1) is 0 Å². The fourth-order valence-electron chi connectivity index (χ4n) is 1.13. The molecule has 2 atom stereocenters. The molecule has 1 rings (SSSR count). The van der Waals surface area contributed by atoms with E-state index in [1.54, 1.807) is 0 Å². The maximum atomic E-state index is 8.58. The summed E-state index contributed by atoms with van der Waals surface area (Å²) in [6.45, 7) is 2.14. The summed E-state index contributed by atoms with van der Waals surface area (Å²) in [5, 5.41) is 8.58. The SMILES string of the molecule is CC1CC=CCC1C#N.